The van der Waals surface area contributed by atoms with Gasteiger partial charge in [0.15, 0.2) is 0 Å². The summed E-state index contributed by atoms with van der Waals surface area (Å²) >= 11 is 0. The van der Waals surface area contributed by atoms with Crippen LogP contribution in [0, 0.1) is 5.82 Å². The zero-order valence-corrected chi connectivity index (χ0v) is 15.2. The zero-order valence-electron chi connectivity index (χ0n) is 15.2. The molecule has 0 aromatic heterocycles. The first-order valence-corrected chi connectivity index (χ1v) is 9.13. The standard InChI is InChI=1S/C19H24FN3O3/c1-3-15-6-4-5-11-21(15)17(24)12-22-18(25)13(2)23(19(22)26)16-9-7-14(20)8-10-16/h7-10,13,15H,3-6,11-12H2,1-2H3. The van der Waals surface area contributed by atoms with Crippen LogP contribution in [0.25, 0.3) is 0 Å². The van der Waals surface area contributed by atoms with E-state index in [2.05, 4.69) is 0 Å². The number of halogens is 1. The van der Waals surface area contributed by atoms with Crippen LogP contribution in [-0.2, 0) is 9.59 Å². The highest BCUT2D eigenvalue weighted by Gasteiger charge is 2.44. The maximum absolute atomic E-state index is 13.1. The van der Waals surface area contributed by atoms with Gasteiger partial charge < -0.3 is 4.90 Å². The van der Waals surface area contributed by atoms with Gasteiger partial charge in [0.1, 0.15) is 18.4 Å². The van der Waals surface area contributed by atoms with E-state index in [0.717, 1.165) is 30.6 Å². The number of piperidine rings is 1. The van der Waals surface area contributed by atoms with Crippen molar-refractivity contribution in [2.24, 2.45) is 0 Å². The first kappa shape index (κ1) is 18.4. The molecule has 2 aliphatic rings. The van der Waals surface area contributed by atoms with E-state index in [1.165, 1.54) is 29.2 Å². The number of carbonyl (C=O) groups excluding carboxylic acids is 3. The molecule has 2 heterocycles. The molecule has 1 aromatic rings. The number of anilines is 1. The Morgan fingerprint density at radius 3 is 2.54 bits per heavy atom. The molecule has 3 rings (SSSR count). The summed E-state index contributed by atoms with van der Waals surface area (Å²) in [4.78, 5) is 42.1. The van der Waals surface area contributed by atoms with Crippen LogP contribution >= 0.6 is 0 Å². The first-order valence-electron chi connectivity index (χ1n) is 9.13. The summed E-state index contributed by atoms with van der Waals surface area (Å²) in [6.45, 7) is 4.09. The highest BCUT2D eigenvalue weighted by molar-refractivity contribution is 6.15. The average molecular weight is 361 g/mol. The van der Waals surface area contributed by atoms with Crippen molar-refractivity contribution < 1.29 is 18.8 Å². The predicted octanol–water partition coefficient (Wildman–Crippen LogP) is 2.77. The van der Waals surface area contributed by atoms with Crippen molar-refractivity contribution in [1.29, 1.82) is 0 Å². The molecule has 6 nitrogen and oxygen atoms in total. The van der Waals surface area contributed by atoms with Crippen molar-refractivity contribution in [2.75, 3.05) is 18.0 Å². The number of amides is 4. The minimum absolute atomic E-state index is 0.176. The molecule has 2 fully saturated rings. The number of imide groups is 1. The van der Waals surface area contributed by atoms with Crippen LogP contribution in [-0.4, -0.2) is 52.8 Å². The lowest BCUT2D eigenvalue weighted by molar-refractivity contribution is -0.139. The largest absolute Gasteiger partial charge is 0.338 e. The second kappa shape index (κ2) is 7.43. The van der Waals surface area contributed by atoms with Crippen molar-refractivity contribution in [3.05, 3.63) is 30.1 Å². The van der Waals surface area contributed by atoms with Crippen LogP contribution in [0.4, 0.5) is 14.9 Å². The van der Waals surface area contributed by atoms with Crippen molar-refractivity contribution in [3.8, 4) is 0 Å². The van der Waals surface area contributed by atoms with E-state index in [4.69, 9.17) is 0 Å². The lowest BCUT2D eigenvalue weighted by Crippen LogP contribution is -2.49. The molecule has 1 aromatic carbocycles. The Labute approximate surface area is 152 Å². The topological polar surface area (TPSA) is 60.9 Å². The van der Waals surface area contributed by atoms with Gasteiger partial charge in [-0.25, -0.2) is 9.18 Å². The van der Waals surface area contributed by atoms with E-state index in [-0.39, 0.29) is 18.5 Å². The number of likely N-dealkylation sites (tertiary alicyclic amines) is 1. The minimum atomic E-state index is -0.718. The van der Waals surface area contributed by atoms with Gasteiger partial charge in [-0.05, 0) is 56.9 Å². The summed E-state index contributed by atoms with van der Waals surface area (Å²) in [5, 5.41) is 0. The Kier molecular flexibility index (Phi) is 5.25. The molecule has 0 radical (unpaired) electrons. The van der Waals surface area contributed by atoms with Crippen LogP contribution in [0.1, 0.15) is 39.5 Å². The quantitative estimate of drug-likeness (QED) is 0.775. The van der Waals surface area contributed by atoms with E-state index >= 15 is 0 Å². The molecule has 2 atom stereocenters. The van der Waals surface area contributed by atoms with Gasteiger partial charge in [-0.3, -0.25) is 19.4 Å². The van der Waals surface area contributed by atoms with Crippen LogP contribution in [0.3, 0.4) is 0 Å². The fraction of sp³-hybridized carbons (Fsp3) is 0.526. The first-order chi connectivity index (χ1) is 12.4. The number of hydrogen-bond acceptors (Lipinski definition) is 3. The van der Waals surface area contributed by atoms with Crippen LogP contribution in [0.2, 0.25) is 0 Å². The number of benzene rings is 1. The molecule has 7 heteroatoms. The predicted molar refractivity (Wildman–Crippen MR) is 95.1 cm³/mol. The zero-order chi connectivity index (χ0) is 18.8. The molecule has 0 N–H and O–H groups in total. The van der Waals surface area contributed by atoms with E-state index < -0.39 is 23.8 Å². The molecule has 2 unspecified atom stereocenters. The summed E-state index contributed by atoms with van der Waals surface area (Å²) in [5.74, 6) is -1.01. The van der Waals surface area contributed by atoms with Crippen molar-refractivity contribution >= 4 is 23.5 Å². The molecule has 0 aliphatic carbocycles. The van der Waals surface area contributed by atoms with E-state index in [1.54, 1.807) is 11.8 Å². The Morgan fingerprint density at radius 1 is 1.19 bits per heavy atom. The molecule has 0 saturated carbocycles. The van der Waals surface area contributed by atoms with Crippen molar-refractivity contribution in [1.82, 2.24) is 9.80 Å². The van der Waals surface area contributed by atoms with Gasteiger partial charge in [0.05, 0.1) is 0 Å². The van der Waals surface area contributed by atoms with Gasteiger partial charge in [0.2, 0.25) is 5.91 Å². The van der Waals surface area contributed by atoms with Gasteiger partial charge in [0, 0.05) is 18.3 Å². The van der Waals surface area contributed by atoms with Gasteiger partial charge in [-0.2, -0.15) is 0 Å². The van der Waals surface area contributed by atoms with Crippen molar-refractivity contribution in [2.45, 2.75) is 51.6 Å². The summed E-state index contributed by atoms with van der Waals surface area (Å²) in [6, 6.07) is 4.33. The third kappa shape index (κ3) is 3.30. The smallest absolute Gasteiger partial charge is 0.332 e. The molecule has 2 aliphatic heterocycles. The van der Waals surface area contributed by atoms with E-state index in [1.807, 2.05) is 6.92 Å². The Bertz CT molecular complexity index is 706. The third-order valence-electron chi connectivity index (χ3n) is 5.26. The van der Waals surface area contributed by atoms with Crippen LogP contribution in [0.15, 0.2) is 24.3 Å². The van der Waals surface area contributed by atoms with Crippen molar-refractivity contribution in [3.63, 3.8) is 0 Å². The highest BCUT2D eigenvalue weighted by Crippen LogP contribution is 2.27. The minimum Gasteiger partial charge on any atom is -0.338 e. The van der Waals surface area contributed by atoms with Crippen LogP contribution < -0.4 is 4.90 Å². The molecule has 2 saturated heterocycles. The summed E-state index contributed by atoms with van der Waals surface area (Å²) in [6.07, 6.45) is 3.87. The van der Waals surface area contributed by atoms with Gasteiger partial charge >= 0.3 is 6.03 Å². The Morgan fingerprint density at radius 2 is 1.88 bits per heavy atom. The second-order valence-corrected chi connectivity index (χ2v) is 6.87. The molecule has 0 spiro atoms. The molecule has 26 heavy (non-hydrogen) atoms. The number of nitrogens with zero attached hydrogens (tertiary/aromatic N) is 3. The number of urea groups is 1. The summed E-state index contributed by atoms with van der Waals surface area (Å²) in [5.41, 5.74) is 0.441. The monoisotopic (exact) mass is 361 g/mol. The van der Waals surface area contributed by atoms with Gasteiger partial charge in [-0.1, -0.05) is 6.92 Å². The molecule has 0 bridgehead atoms. The highest BCUT2D eigenvalue weighted by atomic mass is 19.1. The Hall–Kier alpha value is -2.44. The average Bonchev–Trinajstić information content (AvgIpc) is 2.86. The fourth-order valence-electron chi connectivity index (χ4n) is 3.79. The Balaban J connectivity index is 1.76. The second-order valence-electron chi connectivity index (χ2n) is 6.87. The van der Waals surface area contributed by atoms with Gasteiger partial charge in [0.25, 0.3) is 5.91 Å². The molecule has 4 amide bonds. The van der Waals surface area contributed by atoms with E-state index in [9.17, 15) is 18.8 Å². The fourth-order valence-corrected chi connectivity index (χ4v) is 3.79. The molecular weight excluding hydrogens is 337 g/mol. The maximum atomic E-state index is 13.1. The third-order valence-corrected chi connectivity index (χ3v) is 5.26. The lowest BCUT2D eigenvalue weighted by atomic mass is 10.00. The number of hydrogen-bond donors (Lipinski definition) is 0. The molecular formula is C19H24FN3O3. The number of rotatable bonds is 4. The number of carbonyl (C=O) groups is 3. The maximum Gasteiger partial charge on any atom is 0.332 e. The lowest BCUT2D eigenvalue weighted by Gasteiger charge is -2.36. The van der Waals surface area contributed by atoms with Crippen LogP contribution in [0.5, 0.6) is 0 Å². The molecule has 140 valence electrons. The SMILES string of the molecule is CCC1CCCCN1C(=O)CN1C(=O)C(C)N(c2ccc(F)cc2)C1=O. The van der Waals surface area contributed by atoms with Gasteiger partial charge in [-0.15, -0.1) is 0 Å². The summed E-state index contributed by atoms with van der Waals surface area (Å²) in [7, 11) is 0. The van der Waals surface area contributed by atoms with E-state index in [0.29, 0.717) is 12.2 Å². The summed E-state index contributed by atoms with van der Waals surface area (Å²) < 4.78 is 13.1. The normalized spacial score (nSPS) is 23.7.